The Morgan fingerprint density at radius 3 is 2.69 bits per heavy atom. The van der Waals surface area contributed by atoms with Gasteiger partial charge in [0, 0.05) is 0 Å². The van der Waals surface area contributed by atoms with E-state index < -0.39 is 0 Å². The quantitative estimate of drug-likeness (QED) is 0.733. The fourth-order valence-electron chi connectivity index (χ4n) is 1.08. The van der Waals surface area contributed by atoms with Gasteiger partial charge in [-0.15, -0.1) is 11.6 Å². The number of hydrazine groups is 1. The van der Waals surface area contributed by atoms with Gasteiger partial charge in [0.05, 0.1) is 17.8 Å². The number of alkyl halides is 1. The highest BCUT2D eigenvalue weighted by molar-refractivity contribution is 6.19. The van der Waals surface area contributed by atoms with Gasteiger partial charge in [-0.2, -0.15) is 0 Å². The highest BCUT2D eigenvalue weighted by Gasteiger charge is 2.13. The van der Waals surface area contributed by atoms with E-state index >= 15 is 0 Å². The standard InChI is InChI=1S/C9H9ClN2O/c10-6-9-7-12(11-13-9)8-4-2-1-3-5-8/h1-5,7,11H,6H2. The zero-order valence-corrected chi connectivity index (χ0v) is 7.66. The molecule has 0 fully saturated rings. The van der Waals surface area contributed by atoms with Crippen LogP contribution in [0.5, 0.6) is 0 Å². The van der Waals surface area contributed by atoms with Crippen LogP contribution in [0.2, 0.25) is 0 Å². The fourth-order valence-corrected chi connectivity index (χ4v) is 1.21. The molecular formula is C9H9ClN2O. The summed E-state index contributed by atoms with van der Waals surface area (Å²) in [5.74, 6) is 1.08. The van der Waals surface area contributed by atoms with E-state index in [0.29, 0.717) is 11.6 Å². The van der Waals surface area contributed by atoms with Crippen LogP contribution in [0.4, 0.5) is 5.69 Å². The number of hydrogen-bond acceptors (Lipinski definition) is 3. The number of hydrogen-bond donors (Lipinski definition) is 1. The summed E-state index contributed by atoms with van der Waals surface area (Å²) in [5, 5.41) is 1.78. The third-order valence-corrected chi connectivity index (χ3v) is 1.98. The highest BCUT2D eigenvalue weighted by Crippen LogP contribution is 2.17. The van der Waals surface area contributed by atoms with Crippen molar-refractivity contribution in [2.24, 2.45) is 0 Å². The van der Waals surface area contributed by atoms with Crippen molar-refractivity contribution in [3.63, 3.8) is 0 Å². The Morgan fingerprint density at radius 1 is 1.31 bits per heavy atom. The van der Waals surface area contributed by atoms with Crippen molar-refractivity contribution in [3.05, 3.63) is 42.3 Å². The average Bonchev–Trinajstić information content (AvgIpc) is 2.67. The van der Waals surface area contributed by atoms with Gasteiger partial charge in [0.15, 0.2) is 5.76 Å². The average molecular weight is 197 g/mol. The maximum atomic E-state index is 5.60. The molecule has 0 atom stereocenters. The van der Waals surface area contributed by atoms with E-state index in [9.17, 15) is 0 Å². The molecular weight excluding hydrogens is 188 g/mol. The first kappa shape index (κ1) is 8.41. The number of nitrogens with one attached hydrogen (secondary N) is 1. The lowest BCUT2D eigenvalue weighted by Gasteiger charge is -2.12. The minimum absolute atomic E-state index is 0.371. The highest BCUT2D eigenvalue weighted by atomic mass is 35.5. The number of allylic oxidation sites excluding steroid dienone is 1. The molecule has 0 saturated carbocycles. The summed E-state index contributed by atoms with van der Waals surface area (Å²) >= 11 is 5.60. The molecule has 0 saturated heterocycles. The summed E-state index contributed by atoms with van der Waals surface area (Å²) in [7, 11) is 0. The van der Waals surface area contributed by atoms with Crippen molar-refractivity contribution >= 4 is 17.3 Å². The zero-order chi connectivity index (χ0) is 9.10. The Balaban J connectivity index is 2.16. The second-order valence-electron chi connectivity index (χ2n) is 2.63. The van der Waals surface area contributed by atoms with Crippen molar-refractivity contribution < 1.29 is 4.84 Å². The Kier molecular flexibility index (Phi) is 2.38. The summed E-state index contributed by atoms with van der Waals surface area (Å²) in [6, 6.07) is 9.84. The molecule has 13 heavy (non-hydrogen) atoms. The third-order valence-electron chi connectivity index (χ3n) is 1.71. The second-order valence-corrected chi connectivity index (χ2v) is 2.90. The first-order chi connectivity index (χ1) is 6.40. The maximum Gasteiger partial charge on any atom is 0.159 e. The summed E-state index contributed by atoms with van der Waals surface area (Å²) in [4.78, 5) is 5.07. The monoisotopic (exact) mass is 196 g/mol. The Labute approximate surface area is 81.5 Å². The van der Waals surface area contributed by atoms with Crippen molar-refractivity contribution in [1.29, 1.82) is 0 Å². The molecule has 2 rings (SSSR count). The van der Waals surface area contributed by atoms with Crippen LogP contribution < -0.4 is 10.6 Å². The van der Waals surface area contributed by atoms with E-state index in [1.165, 1.54) is 0 Å². The minimum atomic E-state index is 0.371. The number of halogens is 1. The molecule has 1 N–H and O–H groups in total. The van der Waals surface area contributed by atoms with Gasteiger partial charge in [-0.1, -0.05) is 23.8 Å². The first-order valence-corrected chi connectivity index (χ1v) is 4.47. The lowest BCUT2D eigenvalue weighted by atomic mass is 10.3. The summed E-state index contributed by atoms with van der Waals surface area (Å²) < 4.78 is 0. The largest absolute Gasteiger partial charge is 0.390 e. The molecule has 4 heteroatoms. The maximum absolute atomic E-state index is 5.60. The molecule has 0 spiro atoms. The van der Waals surface area contributed by atoms with Gasteiger partial charge in [0.25, 0.3) is 0 Å². The van der Waals surface area contributed by atoms with Crippen LogP contribution >= 0.6 is 11.6 Å². The topological polar surface area (TPSA) is 24.5 Å². The molecule has 0 aliphatic carbocycles. The van der Waals surface area contributed by atoms with Crippen LogP contribution in [-0.4, -0.2) is 5.88 Å². The van der Waals surface area contributed by atoms with Crippen LogP contribution in [-0.2, 0) is 4.84 Å². The molecule has 0 radical (unpaired) electrons. The van der Waals surface area contributed by atoms with Crippen LogP contribution in [0.3, 0.4) is 0 Å². The van der Waals surface area contributed by atoms with E-state index in [-0.39, 0.29) is 0 Å². The molecule has 1 heterocycles. The fraction of sp³-hybridized carbons (Fsp3) is 0.111. The molecule has 1 aromatic rings. The molecule has 1 aliphatic rings. The summed E-state index contributed by atoms with van der Waals surface area (Å²) in [6.07, 6.45) is 1.82. The third kappa shape index (κ3) is 1.76. The molecule has 1 aliphatic heterocycles. The van der Waals surface area contributed by atoms with Crippen LogP contribution in [0.15, 0.2) is 42.3 Å². The predicted octanol–water partition coefficient (Wildman–Crippen LogP) is 2.02. The van der Waals surface area contributed by atoms with Gasteiger partial charge in [0.2, 0.25) is 0 Å². The molecule has 1 aromatic carbocycles. The summed E-state index contributed by atoms with van der Waals surface area (Å²) in [5.41, 5.74) is 3.75. The Bertz CT molecular complexity index is 313. The lowest BCUT2D eigenvalue weighted by Crippen LogP contribution is -2.26. The number of para-hydroxylation sites is 1. The van der Waals surface area contributed by atoms with E-state index in [1.54, 1.807) is 5.01 Å². The molecule has 68 valence electrons. The molecule has 0 unspecified atom stereocenters. The van der Waals surface area contributed by atoms with E-state index in [2.05, 4.69) is 5.59 Å². The van der Waals surface area contributed by atoms with E-state index in [1.807, 2.05) is 36.5 Å². The second kappa shape index (κ2) is 3.68. The van der Waals surface area contributed by atoms with Crippen LogP contribution in [0.1, 0.15) is 0 Å². The van der Waals surface area contributed by atoms with Gasteiger partial charge in [-0.25, -0.2) is 5.01 Å². The van der Waals surface area contributed by atoms with E-state index in [4.69, 9.17) is 16.4 Å². The normalized spacial score (nSPS) is 15.5. The first-order valence-electron chi connectivity index (χ1n) is 3.93. The van der Waals surface area contributed by atoms with Crippen molar-refractivity contribution in [3.8, 4) is 0 Å². The lowest BCUT2D eigenvalue weighted by molar-refractivity contribution is 0.133. The smallest absolute Gasteiger partial charge is 0.159 e. The molecule has 0 amide bonds. The zero-order valence-electron chi connectivity index (χ0n) is 6.90. The van der Waals surface area contributed by atoms with Crippen molar-refractivity contribution in [1.82, 2.24) is 5.59 Å². The number of benzene rings is 1. The van der Waals surface area contributed by atoms with Crippen LogP contribution in [0, 0.1) is 0 Å². The van der Waals surface area contributed by atoms with Crippen LogP contribution in [0.25, 0.3) is 0 Å². The molecule has 0 aromatic heterocycles. The van der Waals surface area contributed by atoms with Gasteiger partial charge in [0.1, 0.15) is 0 Å². The molecule has 3 nitrogen and oxygen atoms in total. The number of nitrogens with zero attached hydrogens (tertiary/aromatic N) is 1. The van der Waals surface area contributed by atoms with Gasteiger partial charge < -0.3 is 4.84 Å². The number of rotatable bonds is 2. The van der Waals surface area contributed by atoms with Gasteiger partial charge in [-0.3, -0.25) is 0 Å². The van der Waals surface area contributed by atoms with Crippen molar-refractivity contribution in [2.45, 2.75) is 0 Å². The van der Waals surface area contributed by atoms with E-state index in [0.717, 1.165) is 5.69 Å². The summed E-state index contributed by atoms with van der Waals surface area (Å²) in [6.45, 7) is 0. The van der Waals surface area contributed by atoms with Gasteiger partial charge >= 0.3 is 0 Å². The molecule has 0 bridgehead atoms. The SMILES string of the molecule is ClCC1=CN(c2ccccc2)NO1. The van der Waals surface area contributed by atoms with Gasteiger partial charge in [-0.05, 0) is 12.1 Å². The Morgan fingerprint density at radius 2 is 2.08 bits per heavy atom. The number of anilines is 1. The Hall–Kier alpha value is -1.19. The van der Waals surface area contributed by atoms with Crippen molar-refractivity contribution in [2.75, 3.05) is 10.9 Å². The predicted molar refractivity (Wildman–Crippen MR) is 51.9 cm³/mol. The minimum Gasteiger partial charge on any atom is -0.390 e.